The highest BCUT2D eigenvalue weighted by atomic mass is 32.1. The van der Waals surface area contributed by atoms with Crippen LogP contribution in [-0.4, -0.2) is 42.1 Å². The van der Waals surface area contributed by atoms with Crippen molar-refractivity contribution in [3.05, 3.63) is 53.1 Å². The van der Waals surface area contributed by atoms with E-state index in [1.54, 1.807) is 7.11 Å². The smallest absolute Gasteiger partial charge is 0.274 e. The van der Waals surface area contributed by atoms with Gasteiger partial charge >= 0.3 is 0 Å². The van der Waals surface area contributed by atoms with Crippen LogP contribution in [0, 0.1) is 13.8 Å². The number of ether oxygens (including phenoxy) is 2. The molecule has 0 bridgehead atoms. The lowest BCUT2D eigenvalue weighted by molar-refractivity contribution is -0.132. The van der Waals surface area contributed by atoms with Gasteiger partial charge in [-0.3, -0.25) is 4.79 Å². The van der Waals surface area contributed by atoms with Gasteiger partial charge in [0.15, 0.2) is 0 Å². The minimum absolute atomic E-state index is 0.100. The van der Waals surface area contributed by atoms with Crippen molar-refractivity contribution in [3.8, 4) is 10.9 Å². The number of aryl methyl sites for hydroxylation is 2. The highest BCUT2D eigenvalue weighted by molar-refractivity contribution is 7.20. The second-order valence-electron chi connectivity index (χ2n) is 7.61. The van der Waals surface area contributed by atoms with Crippen molar-refractivity contribution in [2.45, 2.75) is 39.2 Å². The van der Waals surface area contributed by atoms with Gasteiger partial charge in [-0.15, -0.1) is 0 Å². The predicted molar refractivity (Wildman–Crippen MR) is 116 cm³/mol. The first-order valence-electron chi connectivity index (χ1n) is 9.97. The molecule has 1 amide bonds. The van der Waals surface area contributed by atoms with Gasteiger partial charge in [0.2, 0.25) is 5.91 Å². The van der Waals surface area contributed by atoms with Crippen LogP contribution in [0.2, 0.25) is 0 Å². The third-order valence-corrected chi connectivity index (χ3v) is 6.47. The molecule has 5 nitrogen and oxygen atoms in total. The molecule has 0 N–H and O–H groups in total. The lowest BCUT2D eigenvalue weighted by atomic mass is 10.0. The van der Waals surface area contributed by atoms with Crippen molar-refractivity contribution in [2.75, 3.05) is 20.2 Å². The van der Waals surface area contributed by atoms with Crippen LogP contribution in [0.5, 0.6) is 10.9 Å². The number of likely N-dealkylation sites (tertiary alicyclic amines) is 1. The molecule has 1 fully saturated rings. The molecule has 152 valence electrons. The number of carbonyl (C=O) groups excluding carboxylic acids is 1. The van der Waals surface area contributed by atoms with Crippen molar-refractivity contribution in [2.24, 2.45) is 0 Å². The molecule has 1 aromatic heterocycles. The Balaban J connectivity index is 1.32. The van der Waals surface area contributed by atoms with Gasteiger partial charge in [0.1, 0.15) is 11.9 Å². The number of carbonyl (C=O) groups is 1. The number of piperidine rings is 1. The molecular weight excluding hydrogens is 384 g/mol. The molecule has 0 aliphatic carbocycles. The van der Waals surface area contributed by atoms with E-state index in [-0.39, 0.29) is 12.0 Å². The number of thiazole rings is 1. The molecular formula is C23H26N2O3S. The fourth-order valence-corrected chi connectivity index (χ4v) is 4.54. The number of fused-ring (bicyclic) bond motifs is 1. The third kappa shape index (κ3) is 4.53. The van der Waals surface area contributed by atoms with Crippen LogP contribution >= 0.6 is 11.3 Å². The molecule has 0 atom stereocenters. The molecule has 1 saturated heterocycles. The molecule has 29 heavy (non-hydrogen) atoms. The summed E-state index contributed by atoms with van der Waals surface area (Å²) in [6.45, 7) is 5.64. The summed E-state index contributed by atoms with van der Waals surface area (Å²) in [6.07, 6.45) is 2.23. The molecule has 0 saturated carbocycles. The summed E-state index contributed by atoms with van der Waals surface area (Å²) in [6, 6.07) is 12.1. The Kier molecular flexibility index (Phi) is 5.72. The lowest BCUT2D eigenvalue weighted by Crippen LogP contribution is -2.42. The van der Waals surface area contributed by atoms with Crippen molar-refractivity contribution in [1.82, 2.24) is 9.88 Å². The van der Waals surface area contributed by atoms with E-state index in [9.17, 15) is 4.79 Å². The average Bonchev–Trinajstić information content (AvgIpc) is 3.12. The van der Waals surface area contributed by atoms with E-state index in [0.717, 1.165) is 47.5 Å². The van der Waals surface area contributed by atoms with E-state index in [2.05, 4.69) is 37.0 Å². The first-order chi connectivity index (χ1) is 14.0. The molecule has 2 aromatic carbocycles. The van der Waals surface area contributed by atoms with Gasteiger partial charge in [-0.05, 0) is 48.7 Å². The van der Waals surface area contributed by atoms with E-state index in [0.29, 0.717) is 11.6 Å². The first kappa shape index (κ1) is 19.7. The Morgan fingerprint density at radius 1 is 1.14 bits per heavy atom. The molecule has 3 aromatic rings. The van der Waals surface area contributed by atoms with E-state index in [1.165, 1.54) is 22.5 Å². The number of benzene rings is 2. The Bertz CT molecular complexity index is 1020. The topological polar surface area (TPSA) is 51.7 Å². The number of amides is 1. The molecule has 4 rings (SSSR count). The largest absolute Gasteiger partial charge is 0.497 e. The standard InChI is InChI=1S/C23H26N2O3S/c1-15-4-5-17(12-16(15)2)13-22(26)25-10-8-18(9-11-25)28-23-24-20-7-6-19(27-3)14-21(20)29-23/h4-7,12,14,18H,8-11,13H2,1-3H3. The zero-order chi connectivity index (χ0) is 20.4. The molecule has 1 aliphatic heterocycles. The van der Waals surface area contributed by atoms with Crippen LogP contribution in [-0.2, 0) is 11.2 Å². The van der Waals surface area contributed by atoms with E-state index >= 15 is 0 Å². The molecule has 2 heterocycles. The van der Waals surface area contributed by atoms with Crippen LogP contribution in [0.4, 0.5) is 0 Å². The number of nitrogens with zero attached hydrogens (tertiary/aromatic N) is 2. The molecule has 1 aliphatic rings. The first-order valence-corrected chi connectivity index (χ1v) is 10.8. The highest BCUT2D eigenvalue weighted by Crippen LogP contribution is 2.32. The van der Waals surface area contributed by atoms with Gasteiger partial charge in [-0.2, -0.15) is 0 Å². The summed E-state index contributed by atoms with van der Waals surface area (Å²) >= 11 is 1.54. The molecule has 6 heteroatoms. The van der Waals surface area contributed by atoms with Crippen molar-refractivity contribution >= 4 is 27.5 Å². The Morgan fingerprint density at radius 3 is 2.66 bits per heavy atom. The monoisotopic (exact) mass is 410 g/mol. The second-order valence-corrected chi connectivity index (χ2v) is 8.60. The minimum atomic E-state index is 0.100. The Hall–Kier alpha value is -2.60. The van der Waals surface area contributed by atoms with Gasteiger partial charge in [0.25, 0.3) is 5.19 Å². The fraction of sp³-hybridized carbons (Fsp3) is 0.391. The van der Waals surface area contributed by atoms with E-state index in [1.807, 2.05) is 23.1 Å². The quantitative estimate of drug-likeness (QED) is 0.620. The Morgan fingerprint density at radius 2 is 1.93 bits per heavy atom. The summed E-state index contributed by atoms with van der Waals surface area (Å²) in [5.74, 6) is 1.02. The predicted octanol–water partition coefficient (Wildman–Crippen LogP) is 4.53. The highest BCUT2D eigenvalue weighted by Gasteiger charge is 2.25. The number of hydrogen-bond acceptors (Lipinski definition) is 5. The second kappa shape index (κ2) is 8.41. The summed E-state index contributed by atoms with van der Waals surface area (Å²) < 4.78 is 12.4. The van der Waals surface area contributed by atoms with E-state index < -0.39 is 0 Å². The van der Waals surface area contributed by atoms with Crippen molar-refractivity contribution in [1.29, 1.82) is 0 Å². The number of rotatable bonds is 5. The maximum absolute atomic E-state index is 12.7. The minimum Gasteiger partial charge on any atom is -0.497 e. The lowest BCUT2D eigenvalue weighted by Gasteiger charge is -2.31. The molecule has 0 spiro atoms. The summed E-state index contributed by atoms with van der Waals surface area (Å²) in [5, 5.41) is 0.688. The maximum Gasteiger partial charge on any atom is 0.274 e. The zero-order valence-corrected chi connectivity index (χ0v) is 17.9. The Labute approximate surface area is 175 Å². The normalized spacial score (nSPS) is 14.9. The third-order valence-electron chi connectivity index (χ3n) is 5.56. The van der Waals surface area contributed by atoms with Crippen LogP contribution in [0.3, 0.4) is 0 Å². The van der Waals surface area contributed by atoms with Crippen molar-refractivity contribution < 1.29 is 14.3 Å². The number of hydrogen-bond donors (Lipinski definition) is 0. The molecule has 0 radical (unpaired) electrons. The van der Waals surface area contributed by atoms with Gasteiger partial charge in [-0.1, -0.05) is 29.5 Å². The van der Waals surface area contributed by atoms with Crippen LogP contribution in [0.1, 0.15) is 29.5 Å². The van der Waals surface area contributed by atoms with Gasteiger partial charge < -0.3 is 14.4 Å². The molecule has 0 unspecified atom stereocenters. The maximum atomic E-state index is 12.7. The van der Waals surface area contributed by atoms with Crippen LogP contribution < -0.4 is 9.47 Å². The van der Waals surface area contributed by atoms with Gasteiger partial charge in [-0.25, -0.2) is 4.98 Å². The van der Waals surface area contributed by atoms with Crippen molar-refractivity contribution in [3.63, 3.8) is 0 Å². The fourth-order valence-electron chi connectivity index (χ4n) is 3.63. The summed E-state index contributed by atoms with van der Waals surface area (Å²) in [4.78, 5) is 19.2. The zero-order valence-electron chi connectivity index (χ0n) is 17.1. The van der Waals surface area contributed by atoms with Crippen LogP contribution in [0.25, 0.3) is 10.2 Å². The van der Waals surface area contributed by atoms with Gasteiger partial charge in [0, 0.05) is 25.9 Å². The van der Waals surface area contributed by atoms with Gasteiger partial charge in [0.05, 0.1) is 23.7 Å². The SMILES string of the molecule is COc1ccc2nc(OC3CCN(C(=O)Cc4ccc(C)c(C)c4)CC3)sc2c1. The summed E-state index contributed by atoms with van der Waals surface area (Å²) in [5.41, 5.74) is 4.50. The van der Waals surface area contributed by atoms with E-state index in [4.69, 9.17) is 9.47 Å². The summed E-state index contributed by atoms with van der Waals surface area (Å²) in [7, 11) is 1.66. The average molecular weight is 411 g/mol. The number of aromatic nitrogens is 1. The van der Waals surface area contributed by atoms with Crippen LogP contribution in [0.15, 0.2) is 36.4 Å². The number of methoxy groups -OCH3 is 1.